The molecule has 4 fully saturated rings. The third kappa shape index (κ3) is 4.34. The van der Waals surface area contributed by atoms with E-state index in [9.17, 15) is 14.7 Å². The van der Waals surface area contributed by atoms with E-state index in [0.717, 1.165) is 59.4 Å². The summed E-state index contributed by atoms with van der Waals surface area (Å²) in [6, 6.07) is 15.1. The monoisotopic (exact) mass is 483 g/mol. The Bertz CT molecular complexity index is 1290. The van der Waals surface area contributed by atoms with Crippen molar-refractivity contribution in [2.24, 2.45) is 17.8 Å². The molecule has 3 aromatic rings. The summed E-state index contributed by atoms with van der Waals surface area (Å²) in [6.07, 6.45) is 8.46. The van der Waals surface area contributed by atoms with Crippen LogP contribution in [0.15, 0.2) is 48.5 Å². The van der Waals surface area contributed by atoms with Crippen LogP contribution in [0.4, 0.5) is 0 Å². The minimum absolute atomic E-state index is 0.0812. The third-order valence-corrected chi connectivity index (χ3v) is 8.65. The third-order valence-electron chi connectivity index (χ3n) is 8.65. The molecule has 186 valence electrons. The quantitative estimate of drug-likeness (QED) is 0.410. The molecule has 0 unspecified atom stereocenters. The maximum absolute atomic E-state index is 13.8. The van der Waals surface area contributed by atoms with Crippen LogP contribution in [0.1, 0.15) is 76.2 Å². The summed E-state index contributed by atoms with van der Waals surface area (Å²) < 4.78 is 0. The Morgan fingerprint density at radius 3 is 2.36 bits per heavy atom. The van der Waals surface area contributed by atoms with Gasteiger partial charge < -0.3 is 15.4 Å². The van der Waals surface area contributed by atoms with Crippen LogP contribution in [0.3, 0.4) is 0 Å². The SMILES string of the molecule is Cc1ccccc1-c1nc(C(=O)NC23CC4CC(CC(C4)C2)C3)c(CCc2cccc(C(=O)O)c2)[nH]1. The number of aromatic amines is 1. The minimum Gasteiger partial charge on any atom is -0.478 e. The molecule has 4 saturated carbocycles. The zero-order valence-corrected chi connectivity index (χ0v) is 20.7. The molecule has 2 aromatic carbocycles. The molecule has 1 aromatic heterocycles. The van der Waals surface area contributed by atoms with Crippen molar-refractivity contribution in [1.82, 2.24) is 15.3 Å². The molecule has 0 atom stereocenters. The highest BCUT2D eigenvalue weighted by atomic mass is 16.4. The summed E-state index contributed by atoms with van der Waals surface area (Å²) >= 11 is 0. The van der Waals surface area contributed by atoms with Gasteiger partial charge in [0.2, 0.25) is 0 Å². The largest absolute Gasteiger partial charge is 0.478 e. The number of imidazole rings is 1. The van der Waals surface area contributed by atoms with Crippen molar-refractivity contribution in [1.29, 1.82) is 0 Å². The lowest BCUT2D eigenvalue weighted by Gasteiger charge is -2.56. The number of aromatic carboxylic acids is 1. The number of H-pyrrole nitrogens is 1. The molecule has 0 aliphatic heterocycles. The zero-order chi connectivity index (χ0) is 24.9. The van der Waals surface area contributed by atoms with Crippen molar-refractivity contribution in [2.45, 2.75) is 63.8 Å². The van der Waals surface area contributed by atoms with Gasteiger partial charge in [-0.2, -0.15) is 0 Å². The number of aromatic nitrogens is 2. The number of hydrogen-bond donors (Lipinski definition) is 3. The Morgan fingerprint density at radius 2 is 1.69 bits per heavy atom. The fourth-order valence-corrected chi connectivity index (χ4v) is 7.44. The maximum Gasteiger partial charge on any atom is 0.335 e. The number of rotatable bonds is 7. The first-order valence-electron chi connectivity index (χ1n) is 13.2. The zero-order valence-electron chi connectivity index (χ0n) is 20.7. The van der Waals surface area contributed by atoms with E-state index in [-0.39, 0.29) is 17.0 Å². The van der Waals surface area contributed by atoms with Gasteiger partial charge >= 0.3 is 5.97 Å². The minimum atomic E-state index is -0.934. The van der Waals surface area contributed by atoms with E-state index in [1.807, 2.05) is 37.3 Å². The second kappa shape index (κ2) is 8.91. The Morgan fingerprint density at radius 1 is 1.00 bits per heavy atom. The van der Waals surface area contributed by atoms with E-state index in [1.54, 1.807) is 18.2 Å². The van der Waals surface area contributed by atoms with Crippen molar-refractivity contribution in [3.63, 3.8) is 0 Å². The maximum atomic E-state index is 13.8. The van der Waals surface area contributed by atoms with Crippen molar-refractivity contribution in [3.8, 4) is 11.4 Å². The van der Waals surface area contributed by atoms with Crippen molar-refractivity contribution in [3.05, 3.63) is 76.6 Å². The van der Waals surface area contributed by atoms with Crippen LogP contribution >= 0.6 is 0 Å². The summed E-state index contributed by atoms with van der Waals surface area (Å²) in [5.74, 6) is 1.94. The molecule has 0 saturated heterocycles. The van der Waals surface area contributed by atoms with Gasteiger partial charge in [-0.15, -0.1) is 0 Å². The number of nitrogens with zero attached hydrogens (tertiary/aromatic N) is 1. The van der Waals surface area contributed by atoms with Crippen LogP contribution in [0, 0.1) is 24.7 Å². The van der Waals surface area contributed by atoms with Gasteiger partial charge in [0.25, 0.3) is 5.91 Å². The van der Waals surface area contributed by atoms with Gasteiger partial charge in [-0.1, -0.05) is 36.4 Å². The molecule has 36 heavy (non-hydrogen) atoms. The highest BCUT2D eigenvalue weighted by molar-refractivity contribution is 5.95. The van der Waals surface area contributed by atoms with Crippen LogP contribution in [-0.2, 0) is 12.8 Å². The fraction of sp³-hybridized carbons (Fsp3) is 0.433. The lowest BCUT2D eigenvalue weighted by Crippen LogP contribution is -2.60. The van der Waals surface area contributed by atoms with Gasteiger partial charge in [-0.05, 0) is 99.3 Å². The molecule has 3 N–H and O–H groups in total. The highest BCUT2D eigenvalue weighted by Crippen LogP contribution is 2.55. The predicted octanol–water partition coefficient (Wildman–Crippen LogP) is 5.57. The number of nitrogens with one attached hydrogen (secondary N) is 2. The van der Waals surface area contributed by atoms with Crippen molar-refractivity contribution < 1.29 is 14.7 Å². The van der Waals surface area contributed by atoms with Gasteiger partial charge in [0.15, 0.2) is 0 Å². The van der Waals surface area contributed by atoms with Crippen LogP contribution in [-0.4, -0.2) is 32.5 Å². The summed E-state index contributed by atoms with van der Waals surface area (Å²) in [5, 5.41) is 12.8. The van der Waals surface area contributed by atoms with Gasteiger partial charge in [0, 0.05) is 16.8 Å². The van der Waals surface area contributed by atoms with Crippen molar-refractivity contribution >= 4 is 11.9 Å². The molecule has 4 aliphatic rings. The first-order chi connectivity index (χ1) is 17.4. The van der Waals surface area contributed by atoms with E-state index < -0.39 is 5.97 Å². The normalized spacial score (nSPS) is 26.2. The number of benzene rings is 2. The summed E-state index contributed by atoms with van der Waals surface area (Å²) in [6.45, 7) is 2.05. The molecule has 7 rings (SSSR count). The van der Waals surface area contributed by atoms with E-state index >= 15 is 0 Å². The molecule has 6 nitrogen and oxygen atoms in total. The standard InChI is InChI=1S/C30H33N3O3/c1-18-5-2-3-8-24(18)27-31-25(10-9-19-6-4-7-23(14-19)29(35)36)26(32-27)28(34)33-30-15-20-11-21(16-30)13-22(12-20)17-30/h2-8,14,20-22H,9-13,15-17H2,1H3,(H,31,32)(H,33,34)(H,35,36). The van der Waals surface area contributed by atoms with Crippen molar-refractivity contribution in [2.75, 3.05) is 0 Å². The van der Waals surface area contributed by atoms with E-state index in [1.165, 1.54) is 19.3 Å². The number of carbonyl (C=O) groups is 2. The van der Waals surface area contributed by atoms with Gasteiger partial charge in [0.1, 0.15) is 11.5 Å². The number of aryl methyl sites for hydroxylation is 3. The summed E-state index contributed by atoms with van der Waals surface area (Å²) in [7, 11) is 0. The lowest BCUT2D eigenvalue weighted by molar-refractivity contribution is -0.0168. The molecule has 1 amide bonds. The van der Waals surface area contributed by atoms with E-state index in [0.29, 0.717) is 24.4 Å². The molecular formula is C30H33N3O3. The first-order valence-corrected chi connectivity index (χ1v) is 13.2. The second-order valence-electron chi connectivity index (χ2n) is 11.4. The van der Waals surface area contributed by atoms with E-state index in [2.05, 4.69) is 10.3 Å². The average Bonchev–Trinajstić information content (AvgIpc) is 3.26. The van der Waals surface area contributed by atoms with Crippen LogP contribution in [0.5, 0.6) is 0 Å². The molecule has 1 heterocycles. The molecule has 6 heteroatoms. The molecule has 0 radical (unpaired) electrons. The highest BCUT2D eigenvalue weighted by Gasteiger charge is 2.51. The van der Waals surface area contributed by atoms with Gasteiger partial charge in [-0.25, -0.2) is 9.78 Å². The average molecular weight is 484 g/mol. The van der Waals surface area contributed by atoms with Gasteiger partial charge in [0.05, 0.1) is 5.56 Å². The van der Waals surface area contributed by atoms with Crippen LogP contribution < -0.4 is 5.32 Å². The molecule has 4 bridgehead atoms. The summed E-state index contributed by atoms with van der Waals surface area (Å²) in [5.41, 5.74) is 4.47. The number of amides is 1. The second-order valence-corrected chi connectivity index (χ2v) is 11.4. The molecular weight excluding hydrogens is 450 g/mol. The van der Waals surface area contributed by atoms with Gasteiger partial charge in [-0.3, -0.25) is 4.79 Å². The fourth-order valence-electron chi connectivity index (χ4n) is 7.44. The van der Waals surface area contributed by atoms with Crippen LogP contribution in [0.2, 0.25) is 0 Å². The first kappa shape index (κ1) is 23.0. The van der Waals surface area contributed by atoms with Crippen LogP contribution in [0.25, 0.3) is 11.4 Å². The molecule has 4 aliphatic carbocycles. The Hall–Kier alpha value is -3.41. The Balaban J connectivity index is 1.29. The smallest absolute Gasteiger partial charge is 0.335 e. The number of carbonyl (C=O) groups excluding carboxylic acids is 1. The Labute approximate surface area is 211 Å². The Kier molecular flexibility index (Phi) is 5.70. The number of carboxylic acid groups (broad SMARTS) is 1. The predicted molar refractivity (Wildman–Crippen MR) is 138 cm³/mol. The number of hydrogen-bond acceptors (Lipinski definition) is 3. The summed E-state index contributed by atoms with van der Waals surface area (Å²) in [4.78, 5) is 33.4. The number of carboxylic acids is 1. The topological polar surface area (TPSA) is 95.1 Å². The lowest BCUT2D eigenvalue weighted by atomic mass is 9.53. The molecule has 0 spiro atoms. The van der Waals surface area contributed by atoms with E-state index in [4.69, 9.17) is 4.98 Å².